The number of aliphatic carboxylic acids is 1. The topological polar surface area (TPSA) is 52.6 Å². The Hall–Kier alpha value is -1.39. The molecule has 0 amide bonds. The largest absolute Gasteiger partial charge is 0.480 e. The van der Waals surface area contributed by atoms with Gasteiger partial charge in [0.05, 0.1) is 0 Å². The SMILES string of the molecule is CC(C)NC(CN1Cc2ccccc2C1)C(=O)O. The summed E-state index contributed by atoms with van der Waals surface area (Å²) < 4.78 is 0. The molecule has 98 valence electrons. The molecule has 4 nitrogen and oxygen atoms in total. The lowest BCUT2D eigenvalue weighted by Crippen LogP contribution is -2.47. The van der Waals surface area contributed by atoms with Gasteiger partial charge in [0.15, 0.2) is 0 Å². The molecular weight excluding hydrogens is 228 g/mol. The molecule has 0 spiro atoms. The minimum atomic E-state index is -0.778. The van der Waals surface area contributed by atoms with Crippen molar-refractivity contribution in [1.82, 2.24) is 10.2 Å². The minimum absolute atomic E-state index is 0.177. The highest BCUT2D eigenvalue weighted by Crippen LogP contribution is 2.22. The Morgan fingerprint density at radius 3 is 2.33 bits per heavy atom. The molecular formula is C14H20N2O2. The van der Waals surface area contributed by atoms with Crippen molar-refractivity contribution in [2.75, 3.05) is 6.54 Å². The summed E-state index contributed by atoms with van der Waals surface area (Å²) in [4.78, 5) is 13.4. The zero-order valence-electron chi connectivity index (χ0n) is 10.9. The monoisotopic (exact) mass is 248 g/mol. The molecule has 1 aromatic rings. The summed E-state index contributed by atoms with van der Waals surface area (Å²) in [5.74, 6) is -0.778. The van der Waals surface area contributed by atoms with Crippen LogP contribution in [0.2, 0.25) is 0 Å². The molecule has 2 rings (SSSR count). The van der Waals surface area contributed by atoms with Gasteiger partial charge in [-0.3, -0.25) is 9.69 Å². The second-order valence-electron chi connectivity index (χ2n) is 5.15. The molecule has 2 N–H and O–H groups in total. The third kappa shape index (κ3) is 3.09. The number of carbonyl (C=O) groups is 1. The predicted octanol–water partition coefficient (Wildman–Crippen LogP) is 1.45. The van der Waals surface area contributed by atoms with E-state index in [2.05, 4.69) is 22.3 Å². The van der Waals surface area contributed by atoms with Crippen LogP contribution in [0.3, 0.4) is 0 Å². The predicted molar refractivity (Wildman–Crippen MR) is 70.3 cm³/mol. The van der Waals surface area contributed by atoms with Crippen LogP contribution in [-0.4, -0.2) is 34.6 Å². The Morgan fingerprint density at radius 1 is 1.33 bits per heavy atom. The first-order valence-corrected chi connectivity index (χ1v) is 6.34. The lowest BCUT2D eigenvalue weighted by molar-refractivity contribution is -0.140. The number of rotatable bonds is 5. The quantitative estimate of drug-likeness (QED) is 0.828. The summed E-state index contributed by atoms with van der Waals surface area (Å²) >= 11 is 0. The molecule has 0 saturated heterocycles. The highest BCUT2D eigenvalue weighted by Gasteiger charge is 2.25. The molecule has 1 aliphatic heterocycles. The third-order valence-corrected chi connectivity index (χ3v) is 3.18. The Kier molecular flexibility index (Phi) is 3.99. The van der Waals surface area contributed by atoms with E-state index in [9.17, 15) is 9.90 Å². The van der Waals surface area contributed by atoms with Gasteiger partial charge in [-0.2, -0.15) is 0 Å². The van der Waals surface area contributed by atoms with E-state index < -0.39 is 12.0 Å². The number of fused-ring (bicyclic) bond motifs is 1. The van der Waals surface area contributed by atoms with Gasteiger partial charge in [0.1, 0.15) is 6.04 Å². The van der Waals surface area contributed by atoms with Crippen molar-refractivity contribution in [2.24, 2.45) is 0 Å². The summed E-state index contributed by atoms with van der Waals surface area (Å²) in [5, 5.41) is 12.3. The van der Waals surface area contributed by atoms with Crippen molar-refractivity contribution in [3.63, 3.8) is 0 Å². The van der Waals surface area contributed by atoms with Gasteiger partial charge in [-0.1, -0.05) is 38.1 Å². The van der Waals surface area contributed by atoms with Crippen molar-refractivity contribution in [3.8, 4) is 0 Å². The second-order valence-corrected chi connectivity index (χ2v) is 5.15. The van der Waals surface area contributed by atoms with E-state index in [1.54, 1.807) is 0 Å². The molecule has 1 unspecified atom stereocenters. The third-order valence-electron chi connectivity index (χ3n) is 3.18. The van der Waals surface area contributed by atoms with Gasteiger partial charge in [-0.25, -0.2) is 0 Å². The molecule has 0 aliphatic carbocycles. The molecule has 1 heterocycles. The van der Waals surface area contributed by atoms with Crippen LogP contribution in [0.1, 0.15) is 25.0 Å². The van der Waals surface area contributed by atoms with Crippen molar-refractivity contribution >= 4 is 5.97 Å². The average molecular weight is 248 g/mol. The van der Waals surface area contributed by atoms with Gasteiger partial charge in [-0.05, 0) is 11.1 Å². The molecule has 0 aromatic heterocycles. The van der Waals surface area contributed by atoms with Crippen LogP contribution in [0.25, 0.3) is 0 Å². The smallest absolute Gasteiger partial charge is 0.322 e. The molecule has 0 saturated carbocycles. The Bertz CT molecular complexity index is 407. The lowest BCUT2D eigenvalue weighted by Gasteiger charge is -2.23. The summed E-state index contributed by atoms with van der Waals surface area (Å²) in [6.07, 6.45) is 0. The van der Waals surface area contributed by atoms with Gasteiger partial charge in [0.25, 0.3) is 0 Å². The Balaban J connectivity index is 1.97. The molecule has 4 heteroatoms. The highest BCUT2D eigenvalue weighted by atomic mass is 16.4. The molecule has 1 aromatic carbocycles. The number of benzene rings is 1. The number of carboxylic acid groups (broad SMARTS) is 1. The van der Waals surface area contributed by atoms with Crippen LogP contribution in [0.4, 0.5) is 0 Å². The molecule has 0 radical (unpaired) electrons. The molecule has 18 heavy (non-hydrogen) atoms. The summed E-state index contributed by atoms with van der Waals surface area (Å²) in [6, 6.07) is 7.96. The first-order chi connectivity index (χ1) is 8.56. The van der Waals surface area contributed by atoms with E-state index in [4.69, 9.17) is 0 Å². The van der Waals surface area contributed by atoms with Crippen molar-refractivity contribution in [2.45, 2.75) is 39.0 Å². The first-order valence-electron chi connectivity index (χ1n) is 6.34. The maximum absolute atomic E-state index is 11.2. The van der Waals surface area contributed by atoms with Gasteiger partial charge in [0, 0.05) is 25.7 Å². The average Bonchev–Trinajstić information content (AvgIpc) is 2.69. The van der Waals surface area contributed by atoms with Gasteiger partial charge in [0.2, 0.25) is 0 Å². The standard InChI is InChI=1S/C14H20N2O2/c1-10(2)15-13(14(17)18)9-16-7-11-5-3-4-6-12(11)8-16/h3-6,10,13,15H,7-9H2,1-2H3,(H,17,18). The first kappa shape index (κ1) is 13.1. The Labute approximate surface area is 108 Å². The van der Waals surface area contributed by atoms with E-state index >= 15 is 0 Å². The molecule has 0 fully saturated rings. The van der Waals surface area contributed by atoms with Crippen LogP contribution >= 0.6 is 0 Å². The fraction of sp³-hybridized carbons (Fsp3) is 0.500. The van der Waals surface area contributed by atoms with Crippen LogP contribution in [0.15, 0.2) is 24.3 Å². The number of carboxylic acids is 1. The van der Waals surface area contributed by atoms with Crippen molar-refractivity contribution < 1.29 is 9.90 Å². The van der Waals surface area contributed by atoms with Gasteiger partial charge < -0.3 is 10.4 Å². The van der Waals surface area contributed by atoms with Crippen molar-refractivity contribution in [3.05, 3.63) is 35.4 Å². The lowest BCUT2D eigenvalue weighted by atomic mass is 10.1. The van der Waals surface area contributed by atoms with Crippen LogP contribution in [0, 0.1) is 0 Å². The van der Waals surface area contributed by atoms with E-state index in [1.807, 2.05) is 26.0 Å². The maximum atomic E-state index is 11.2. The number of hydrogen-bond acceptors (Lipinski definition) is 3. The van der Waals surface area contributed by atoms with Crippen LogP contribution in [-0.2, 0) is 17.9 Å². The fourth-order valence-electron chi connectivity index (χ4n) is 2.40. The van der Waals surface area contributed by atoms with E-state index in [0.717, 1.165) is 13.1 Å². The molecule has 1 aliphatic rings. The summed E-state index contributed by atoms with van der Waals surface area (Å²) in [6.45, 7) is 6.17. The number of nitrogens with zero attached hydrogens (tertiary/aromatic N) is 1. The van der Waals surface area contributed by atoms with E-state index in [-0.39, 0.29) is 6.04 Å². The maximum Gasteiger partial charge on any atom is 0.322 e. The zero-order chi connectivity index (χ0) is 13.1. The number of hydrogen-bond donors (Lipinski definition) is 2. The number of nitrogens with one attached hydrogen (secondary N) is 1. The van der Waals surface area contributed by atoms with Crippen molar-refractivity contribution in [1.29, 1.82) is 0 Å². The van der Waals surface area contributed by atoms with E-state index in [0.29, 0.717) is 6.54 Å². The van der Waals surface area contributed by atoms with Crippen LogP contribution < -0.4 is 5.32 Å². The summed E-state index contributed by atoms with van der Waals surface area (Å²) in [7, 11) is 0. The van der Waals surface area contributed by atoms with Gasteiger partial charge >= 0.3 is 5.97 Å². The molecule has 0 bridgehead atoms. The minimum Gasteiger partial charge on any atom is -0.480 e. The summed E-state index contributed by atoms with van der Waals surface area (Å²) in [5.41, 5.74) is 2.62. The molecule has 1 atom stereocenters. The van der Waals surface area contributed by atoms with Crippen LogP contribution in [0.5, 0.6) is 0 Å². The Morgan fingerprint density at radius 2 is 1.89 bits per heavy atom. The van der Waals surface area contributed by atoms with E-state index in [1.165, 1.54) is 11.1 Å². The second kappa shape index (κ2) is 5.50. The highest BCUT2D eigenvalue weighted by molar-refractivity contribution is 5.73. The van der Waals surface area contributed by atoms with Gasteiger partial charge in [-0.15, -0.1) is 0 Å². The zero-order valence-corrected chi connectivity index (χ0v) is 10.9. The fourth-order valence-corrected chi connectivity index (χ4v) is 2.40. The normalized spacial score (nSPS) is 16.8.